The number of ketones is 1. The fraction of sp³-hybridized carbons (Fsp3) is 0.357. The molecular weight excluding hydrogens is 340 g/mol. The molecule has 0 aliphatic rings. The van der Waals surface area contributed by atoms with Gasteiger partial charge in [-0.2, -0.15) is 0 Å². The molecule has 1 aromatic carbocycles. The number of aromatic nitrogens is 2. The predicted molar refractivity (Wildman–Crippen MR) is 82.6 cm³/mol. The molecule has 0 radical (unpaired) electrons. The number of rotatable bonds is 6. The summed E-state index contributed by atoms with van der Waals surface area (Å²) < 4.78 is 9.92. The zero-order valence-electron chi connectivity index (χ0n) is 11.4. The summed E-state index contributed by atoms with van der Waals surface area (Å²) in [6, 6.07) is 5.66. The van der Waals surface area contributed by atoms with E-state index in [1.165, 1.54) is 11.5 Å². The largest absolute Gasteiger partial charge is 0.496 e. The highest BCUT2D eigenvalue weighted by molar-refractivity contribution is 9.10. The zero-order chi connectivity index (χ0) is 14.5. The van der Waals surface area contributed by atoms with Gasteiger partial charge in [0.05, 0.1) is 17.3 Å². The van der Waals surface area contributed by atoms with Gasteiger partial charge in [-0.15, -0.1) is 5.10 Å². The maximum atomic E-state index is 12.3. The number of nitrogens with zero attached hydrogens (tertiary/aromatic N) is 2. The van der Waals surface area contributed by atoms with Crippen LogP contribution in [-0.2, 0) is 12.8 Å². The van der Waals surface area contributed by atoms with Crippen molar-refractivity contribution in [2.45, 2.75) is 26.2 Å². The molecule has 0 N–H and O–H groups in total. The van der Waals surface area contributed by atoms with E-state index in [1.54, 1.807) is 7.11 Å². The van der Waals surface area contributed by atoms with Crippen LogP contribution in [0.15, 0.2) is 22.7 Å². The van der Waals surface area contributed by atoms with Crippen LogP contribution in [0.4, 0.5) is 0 Å². The summed E-state index contributed by atoms with van der Waals surface area (Å²) >= 11 is 4.61. The van der Waals surface area contributed by atoms with Crippen LogP contribution in [0.3, 0.4) is 0 Å². The Balaban J connectivity index is 2.15. The molecule has 0 aliphatic heterocycles. The third-order valence-corrected chi connectivity index (χ3v) is 4.31. The molecule has 20 heavy (non-hydrogen) atoms. The van der Waals surface area contributed by atoms with Crippen LogP contribution in [0.5, 0.6) is 5.75 Å². The third-order valence-electron chi connectivity index (χ3n) is 2.88. The third kappa shape index (κ3) is 3.43. The number of benzene rings is 1. The summed E-state index contributed by atoms with van der Waals surface area (Å²) in [5.41, 5.74) is 1.76. The second kappa shape index (κ2) is 6.95. The predicted octanol–water partition coefficient (Wildman–Crippen LogP) is 3.69. The first-order chi connectivity index (χ1) is 9.65. The maximum Gasteiger partial charge on any atom is 0.180 e. The Morgan fingerprint density at radius 1 is 1.45 bits per heavy atom. The zero-order valence-corrected chi connectivity index (χ0v) is 13.8. The van der Waals surface area contributed by atoms with E-state index in [2.05, 4.69) is 32.4 Å². The van der Waals surface area contributed by atoms with Crippen LogP contribution in [0, 0.1) is 0 Å². The van der Waals surface area contributed by atoms with Crippen LogP contribution in [0.1, 0.15) is 34.3 Å². The Morgan fingerprint density at radius 2 is 2.25 bits per heavy atom. The highest BCUT2D eigenvalue weighted by atomic mass is 79.9. The Hall–Kier alpha value is -1.27. The summed E-state index contributed by atoms with van der Waals surface area (Å²) in [4.78, 5) is 13.0. The normalized spacial score (nSPS) is 10.6. The van der Waals surface area contributed by atoms with Crippen LogP contribution >= 0.6 is 27.5 Å². The molecule has 106 valence electrons. The number of hydrogen-bond acceptors (Lipinski definition) is 5. The monoisotopic (exact) mass is 354 g/mol. The molecule has 0 bridgehead atoms. The van der Waals surface area contributed by atoms with Gasteiger partial charge in [0.15, 0.2) is 5.78 Å². The summed E-state index contributed by atoms with van der Waals surface area (Å²) in [7, 11) is 1.62. The lowest BCUT2D eigenvalue weighted by atomic mass is 10.1. The van der Waals surface area contributed by atoms with Gasteiger partial charge in [-0.3, -0.25) is 4.79 Å². The van der Waals surface area contributed by atoms with Crippen molar-refractivity contribution in [2.24, 2.45) is 0 Å². The van der Waals surface area contributed by atoms with E-state index < -0.39 is 0 Å². The molecule has 2 aromatic rings. The van der Waals surface area contributed by atoms with Gasteiger partial charge in [0, 0.05) is 6.42 Å². The Bertz CT molecular complexity index is 613. The number of aryl methyl sites for hydroxylation is 1. The number of hydrogen-bond donors (Lipinski definition) is 0. The second-order valence-corrected chi connectivity index (χ2v) is 5.98. The van der Waals surface area contributed by atoms with Gasteiger partial charge in [-0.1, -0.05) is 23.9 Å². The van der Waals surface area contributed by atoms with Crippen LogP contribution < -0.4 is 4.74 Å². The molecule has 0 aliphatic carbocycles. The molecule has 6 heteroatoms. The Labute approximate surface area is 130 Å². The Morgan fingerprint density at radius 3 is 2.90 bits per heavy atom. The molecule has 0 saturated carbocycles. The van der Waals surface area contributed by atoms with E-state index in [4.69, 9.17) is 4.74 Å². The van der Waals surface area contributed by atoms with Crippen LogP contribution in [0.2, 0.25) is 0 Å². The number of carbonyl (C=O) groups is 1. The van der Waals surface area contributed by atoms with E-state index >= 15 is 0 Å². The van der Waals surface area contributed by atoms with Gasteiger partial charge >= 0.3 is 0 Å². The number of Topliss-reactive ketones (excluding diaryl/α,β-unsaturated/α-hetero) is 1. The lowest BCUT2D eigenvalue weighted by Crippen LogP contribution is -2.05. The van der Waals surface area contributed by atoms with Crippen molar-refractivity contribution in [2.75, 3.05) is 7.11 Å². The number of ether oxygens (including phenoxy) is 1. The fourth-order valence-corrected chi connectivity index (χ4v) is 3.14. The van der Waals surface area contributed by atoms with E-state index in [1.807, 2.05) is 18.2 Å². The lowest BCUT2D eigenvalue weighted by Gasteiger charge is -2.05. The first kappa shape index (κ1) is 15.1. The Kier molecular flexibility index (Phi) is 5.25. The summed E-state index contributed by atoms with van der Waals surface area (Å²) in [5.74, 6) is 0.827. The van der Waals surface area contributed by atoms with Gasteiger partial charge < -0.3 is 4.74 Å². The topological polar surface area (TPSA) is 52.1 Å². The molecule has 4 nitrogen and oxygen atoms in total. The molecule has 0 amide bonds. The minimum Gasteiger partial charge on any atom is -0.496 e. The van der Waals surface area contributed by atoms with Gasteiger partial charge in [-0.25, -0.2) is 0 Å². The van der Waals surface area contributed by atoms with Crippen molar-refractivity contribution >= 4 is 33.2 Å². The van der Waals surface area contributed by atoms with Gasteiger partial charge in [0.2, 0.25) is 0 Å². The fourth-order valence-electron chi connectivity index (χ4n) is 1.91. The molecule has 0 spiro atoms. The van der Waals surface area contributed by atoms with E-state index in [0.29, 0.717) is 11.3 Å². The SMILES string of the molecule is CCCc1nnsc1C(=O)Cc1ccc(OC)c(Br)c1. The summed E-state index contributed by atoms with van der Waals surface area (Å²) in [6.07, 6.45) is 2.10. The van der Waals surface area contributed by atoms with Crippen molar-refractivity contribution in [1.82, 2.24) is 9.59 Å². The summed E-state index contributed by atoms with van der Waals surface area (Å²) in [5, 5.41) is 4.03. The minimum atomic E-state index is 0.0699. The highest BCUT2D eigenvalue weighted by Gasteiger charge is 2.16. The van der Waals surface area contributed by atoms with Crippen molar-refractivity contribution < 1.29 is 9.53 Å². The number of methoxy groups -OCH3 is 1. The average Bonchev–Trinajstić information content (AvgIpc) is 2.88. The smallest absolute Gasteiger partial charge is 0.180 e. The van der Waals surface area contributed by atoms with Crippen LogP contribution in [-0.4, -0.2) is 22.5 Å². The summed E-state index contributed by atoms with van der Waals surface area (Å²) in [6.45, 7) is 2.06. The number of halogens is 1. The molecule has 1 aromatic heterocycles. The highest BCUT2D eigenvalue weighted by Crippen LogP contribution is 2.26. The quantitative estimate of drug-likeness (QED) is 0.742. The van der Waals surface area contributed by atoms with Crippen LogP contribution in [0.25, 0.3) is 0 Å². The molecule has 1 heterocycles. The molecule has 0 atom stereocenters. The number of carbonyl (C=O) groups excluding carboxylic acids is 1. The van der Waals surface area contributed by atoms with E-state index in [0.717, 1.165) is 34.3 Å². The van der Waals surface area contributed by atoms with Crippen molar-refractivity contribution in [3.63, 3.8) is 0 Å². The van der Waals surface area contributed by atoms with Crippen molar-refractivity contribution in [1.29, 1.82) is 0 Å². The lowest BCUT2D eigenvalue weighted by molar-refractivity contribution is 0.0995. The van der Waals surface area contributed by atoms with Gasteiger partial charge in [0.25, 0.3) is 0 Å². The van der Waals surface area contributed by atoms with Gasteiger partial charge in [-0.05, 0) is 51.6 Å². The molecular formula is C14H15BrN2O2S. The standard InChI is InChI=1S/C14H15BrN2O2S/c1-3-4-11-14(20-17-16-11)12(18)8-9-5-6-13(19-2)10(15)7-9/h5-7H,3-4,8H2,1-2H3. The van der Waals surface area contributed by atoms with E-state index in [-0.39, 0.29) is 5.78 Å². The van der Waals surface area contributed by atoms with Crippen molar-refractivity contribution in [3.05, 3.63) is 38.8 Å². The minimum absolute atomic E-state index is 0.0699. The average molecular weight is 355 g/mol. The molecule has 0 saturated heterocycles. The molecule has 0 fully saturated rings. The first-order valence-corrected chi connectivity index (χ1v) is 7.89. The first-order valence-electron chi connectivity index (χ1n) is 6.32. The maximum absolute atomic E-state index is 12.3. The van der Waals surface area contributed by atoms with E-state index in [9.17, 15) is 4.79 Å². The van der Waals surface area contributed by atoms with Gasteiger partial charge in [0.1, 0.15) is 10.6 Å². The second-order valence-electron chi connectivity index (χ2n) is 4.37. The molecule has 0 unspecified atom stereocenters. The molecule has 2 rings (SSSR count). The van der Waals surface area contributed by atoms with Crippen molar-refractivity contribution in [3.8, 4) is 5.75 Å².